The zero-order chi connectivity index (χ0) is 14.5. The normalized spacial score (nSPS) is 12.6. The molecule has 1 N–H and O–H groups in total. The van der Waals surface area contributed by atoms with Crippen molar-refractivity contribution in [1.29, 1.82) is 0 Å². The molecule has 0 fully saturated rings. The third kappa shape index (κ3) is 3.77. The molecular weight excluding hydrogens is 277 g/mol. The molecule has 1 heterocycles. The molecule has 1 aromatic carbocycles. The summed E-state index contributed by atoms with van der Waals surface area (Å²) in [6, 6.07) is 8.67. The van der Waals surface area contributed by atoms with E-state index in [0.29, 0.717) is 30.2 Å². The highest BCUT2D eigenvalue weighted by molar-refractivity contribution is 7.84. The Hall–Kier alpha value is -1.46. The fourth-order valence-electron chi connectivity index (χ4n) is 1.92. The number of hydrogen-bond donors (Lipinski definition) is 1. The fourth-order valence-corrected chi connectivity index (χ4v) is 2.35. The minimum absolute atomic E-state index is 0.232. The van der Waals surface area contributed by atoms with Crippen LogP contribution in [-0.2, 0) is 17.3 Å². The lowest BCUT2D eigenvalue weighted by atomic mass is 10.1. The van der Waals surface area contributed by atoms with Crippen molar-refractivity contribution in [3.05, 3.63) is 47.5 Å². The van der Waals surface area contributed by atoms with Gasteiger partial charge in [-0.15, -0.1) is 0 Å². The summed E-state index contributed by atoms with van der Waals surface area (Å²) in [4.78, 5) is 0. The number of nitrogens with one attached hydrogen (secondary N) is 1. The van der Waals surface area contributed by atoms with Crippen LogP contribution in [0.1, 0.15) is 11.3 Å². The van der Waals surface area contributed by atoms with Gasteiger partial charge in [-0.25, -0.2) is 4.39 Å². The summed E-state index contributed by atoms with van der Waals surface area (Å²) < 4.78 is 30.1. The van der Waals surface area contributed by atoms with Gasteiger partial charge in [0.2, 0.25) is 0 Å². The van der Waals surface area contributed by atoms with Gasteiger partial charge in [-0.3, -0.25) is 4.21 Å². The van der Waals surface area contributed by atoms with Crippen LogP contribution in [0.4, 0.5) is 4.39 Å². The van der Waals surface area contributed by atoms with Crippen molar-refractivity contribution < 1.29 is 13.0 Å². The molecule has 1 aromatic heterocycles. The lowest BCUT2D eigenvalue weighted by Gasteiger charge is -2.04. The van der Waals surface area contributed by atoms with Gasteiger partial charge in [0.15, 0.2) is 0 Å². The average molecular weight is 295 g/mol. The van der Waals surface area contributed by atoms with Crippen LogP contribution in [0, 0.1) is 12.7 Å². The van der Waals surface area contributed by atoms with Crippen LogP contribution in [0.2, 0.25) is 0 Å². The molecular formula is C15H18FNO2S. The molecule has 0 saturated heterocycles. The van der Waals surface area contributed by atoms with Crippen LogP contribution in [0.15, 0.2) is 34.7 Å². The van der Waals surface area contributed by atoms with Gasteiger partial charge in [0.25, 0.3) is 0 Å². The van der Waals surface area contributed by atoms with Crippen molar-refractivity contribution in [2.75, 3.05) is 18.6 Å². The summed E-state index contributed by atoms with van der Waals surface area (Å²) in [6.07, 6.45) is 1.68. The molecule has 0 amide bonds. The minimum Gasteiger partial charge on any atom is -0.460 e. The van der Waals surface area contributed by atoms with E-state index in [2.05, 4.69) is 5.32 Å². The Bertz CT molecular complexity index is 610. The lowest BCUT2D eigenvalue weighted by Crippen LogP contribution is -2.19. The molecule has 0 unspecified atom stereocenters. The van der Waals surface area contributed by atoms with Crippen molar-refractivity contribution in [2.24, 2.45) is 0 Å². The van der Waals surface area contributed by atoms with Gasteiger partial charge < -0.3 is 9.73 Å². The maximum Gasteiger partial charge on any atom is 0.134 e. The quantitative estimate of drug-likeness (QED) is 0.833. The monoisotopic (exact) mass is 295 g/mol. The summed E-state index contributed by atoms with van der Waals surface area (Å²) in [7, 11) is -0.788. The second-order valence-corrected chi connectivity index (χ2v) is 6.19. The summed E-state index contributed by atoms with van der Waals surface area (Å²) in [6.45, 7) is 2.99. The molecule has 0 bridgehead atoms. The molecule has 108 valence electrons. The third-order valence-electron chi connectivity index (χ3n) is 3.06. The Balaban J connectivity index is 2.02. The number of hydrogen-bond acceptors (Lipinski definition) is 3. The van der Waals surface area contributed by atoms with E-state index in [9.17, 15) is 8.60 Å². The van der Waals surface area contributed by atoms with Crippen molar-refractivity contribution >= 4 is 10.8 Å². The summed E-state index contributed by atoms with van der Waals surface area (Å²) in [5.74, 6) is 1.84. The van der Waals surface area contributed by atoms with Crippen LogP contribution >= 0.6 is 0 Å². The zero-order valence-electron chi connectivity index (χ0n) is 11.6. The molecule has 3 nitrogen and oxygen atoms in total. The van der Waals surface area contributed by atoms with Gasteiger partial charge in [-0.2, -0.15) is 0 Å². The largest absolute Gasteiger partial charge is 0.460 e. The standard InChI is InChI=1S/C15H18FNO2S/c1-11-13(4-3-5-14(11)16)15-7-6-12(19-15)10-17-8-9-20(2)18/h3-7,17H,8-10H2,1-2H3/t20-/m0/s1. The maximum atomic E-state index is 13.5. The van der Waals surface area contributed by atoms with Gasteiger partial charge >= 0.3 is 0 Å². The molecule has 1 atom stereocenters. The van der Waals surface area contributed by atoms with Crippen LogP contribution in [0.25, 0.3) is 11.3 Å². The lowest BCUT2D eigenvalue weighted by molar-refractivity contribution is 0.498. The van der Waals surface area contributed by atoms with Gasteiger partial charge in [-0.1, -0.05) is 12.1 Å². The molecule has 0 aliphatic carbocycles. The summed E-state index contributed by atoms with van der Waals surface area (Å²) in [5.41, 5.74) is 1.36. The Morgan fingerprint density at radius 3 is 2.85 bits per heavy atom. The predicted molar refractivity (Wildman–Crippen MR) is 79.5 cm³/mol. The average Bonchev–Trinajstić information content (AvgIpc) is 2.86. The van der Waals surface area contributed by atoms with Crippen molar-refractivity contribution in [3.63, 3.8) is 0 Å². The third-order valence-corrected chi connectivity index (χ3v) is 3.84. The minimum atomic E-state index is -0.788. The van der Waals surface area contributed by atoms with E-state index < -0.39 is 10.8 Å². The molecule has 0 aliphatic rings. The summed E-state index contributed by atoms with van der Waals surface area (Å²) in [5, 5.41) is 3.16. The Morgan fingerprint density at radius 1 is 1.30 bits per heavy atom. The first-order valence-electron chi connectivity index (χ1n) is 6.43. The molecule has 2 rings (SSSR count). The molecule has 0 spiro atoms. The van der Waals surface area contributed by atoms with Gasteiger partial charge in [0, 0.05) is 34.9 Å². The van der Waals surface area contributed by atoms with Crippen LogP contribution in [0.3, 0.4) is 0 Å². The summed E-state index contributed by atoms with van der Waals surface area (Å²) >= 11 is 0. The molecule has 0 radical (unpaired) electrons. The smallest absolute Gasteiger partial charge is 0.134 e. The predicted octanol–water partition coefficient (Wildman–Crippen LogP) is 2.86. The first-order chi connectivity index (χ1) is 9.58. The fraction of sp³-hybridized carbons (Fsp3) is 0.333. The Morgan fingerprint density at radius 2 is 2.10 bits per heavy atom. The maximum absolute atomic E-state index is 13.5. The van der Waals surface area contributed by atoms with E-state index in [1.807, 2.05) is 18.2 Å². The van der Waals surface area contributed by atoms with Gasteiger partial charge in [0.05, 0.1) is 6.54 Å². The SMILES string of the molecule is Cc1c(F)cccc1-c1ccc(CNCC[S@](C)=O)o1. The van der Waals surface area contributed by atoms with E-state index in [-0.39, 0.29) is 5.82 Å². The number of halogens is 1. The van der Waals surface area contributed by atoms with Crippen LogP contribution < -0.4 is 5.32 Å². The first-order valence-corrected chi connectivity index (χ1v) is 8.15. The molecule has 2 aromatic rings. The Labute approximate surface area is 120 Å². The highest BCUT2D eigenvalue weighted by Gasteiger charge is 2.09. The highest BCUT2D eigenvalue weighted by atomic mass is 32.2. The van der Waals surface area contributed by atoms with Crippen molar-refractivity contribution in [2.45, 2.75) is 13.5 Å². The highest BCUT2D eigenvalue weighted by Crippen LogP contribution is 2.26. The van der Waals surface area contributed by atoms with Crippen molar-refractivity contribution in [1.82, 2.24) is 5.32 Å². The second-order valence-electron chi connectivity index (χ2n) is 4.63. The first kappa shape index (κ1) is 14.9. The van der Waals surface area contributed by atoms with E-state index in [0.717, 1.165) is 11.3 Å². The van der Waals surface area contributed by atoms with Gasteiger partial charge in [-0.05, 0) is 30.7 Å². The van der Waals surface area contributed by atoms with E-state index in [4.69, 9.17) is 4.42 Å². The number of benzene rings is 1. The van der Waals surface area contributed by atoms with Crippen LogP contribution in [0.5, 0.6) is 0 Å². The van der Waals surface area contributed by atoms with Crippen molar-refractivity contribution in [3.8, 4) is 11.3 Å². The second kappa shape index (κ2) is 6.81. The molecule has 5 heteroatoms. The Kier molecular flexibility index (Phi) is 5.09. The van der Waals surface area contributed by atoms with E-state index in [1.54, 1.807) is 19.2 Å². The van der Waals surface area contributed by atoms with Gasteiger partial charge in [0.1, 0.15) is 17.3 Å². The molecule has 20 heavy (non-hydrogen) atoms. The number of furan rings is 1. The molecule has 0 aliphatic heterocycles. The molecule has 0 saturated carbocycles. The zero-order valence-corrected chi connectivity index (χ0v) is 12.4. The topological polar surface area (TPSA) is 42.2 Å². The number of rotatable bonds is 6. The van der Waals surface area contributed by atoms with E-state index in [1.165, 1.54) is 6.07 Å². The van der Waals surface area contributed by atoms with E-state index >= 15 is 0 Å². The van der Waals surface area contributed by atoms with Crippen LogP contribution in [-0.4, -0.2) is 22.8 Å².